The Kier molecular flexibility index (Phi) is 7.17. The van der Waals surface area contributed by atoms with Crippen molar-refractivity contribution < 1.29 is 12.4 Å². The molecule has 0 aliphatic carbocycles. The second kappa shape index (κ2) is 7.64. The molecule has 0 aromatic rings. The summed E-state index contributed by atoms with van der Waals surface area (Å²) in [5, 5.41) is 6.14. The predicted octanol–water partition coefficient (Wildman–Crippen LogP) is 3.85. The van der Waals surface area contributed by atoms with E-state index in [2.05, 4.69) is 31.1 Å². The van der Waals surface area contributed by atoms with E-state index >= 15 is 0 Å². The minimum absolute atomic E-state index is 0. The van der Waals surface area contributed by atoms with Crippen molar-refractivity contribution in [2.75, 3.05) is 7.11 Å². The van der Waals surface area contributed by atoms with Crippen LogP contribution < -0.4 is 10.6 Å². The molecule has 126 valence electrons. The maximum atomic E-state index is 12.3. The molecule has 1 unspecified atom stereocenters. The second-order valence-electron chi connectivity index (χ2n) is 7.02. The molecule has 0 aliphatic rings. The standard InChI is InChI=1S/C17H32N2O2.2H2/c1-10-12(2)19-17(7,8)15(20)18-13(3)11-14(21-9)16(4,5)6;;/h11-12,19H,3,10H2,1-2,4-9H3,(H,18,20);2*1H/b14-11-;;. The van der Waals surface area contributed by atoms with Crippen LogP contribution in [0.4, 0.5) is 0 Å². The Balaban J connectivity index is -0.00000200. The van der Waals surface area contributed by atoms with Gasteiger partial charge in [-0.2, -0.15) is 0 Å². The van der Waals surface area contributed by atoms with Gasteiger partial charge >= 0.3 is 0 Å². The van der Waals surface area contributed by atoms with Crippen molar-refractivity contribution in [1.29, 1.82) is 0 Å². The van der Waals surface area contributed by atoms with Crippen molar-refractivity contribution in [2.45, 2.75) is 66.5 Å². The van der Waals surface area contributed by atoms with Crippen LogP contribution in [0.3, 0.4) is 0 Å². The highest BCUT2D eigenvalue weighted by Gasteiger charge is 2.28. The van der Waals surface area contributed by atoms with Gasteiger partial charge in [0.2, 0.25) is 5.91 Å². The highest BCUT2D eigenvalue weighted by Crippen LogP contribution is 2.26. The molecule has 0 saturated heterocycles. The summed E-state index contributed by atoms with van der Waals surface area (Å²) in [7, 11) is 1.63. The third-order valence-corrected chi connectivity index (χ3v) is 3.33. The molecule has 1 atom stereocenters. The van der Waals surface area contributed by atoms with Gasteiger partial charge in [0.1, 0.15) is 5.76 Å². The van der Waals surface area contributed by atoms with Crippen LogP contribution in [0.15, 0.2) is 24.1 Å². The first-order valence-corrected chi connectivity index (χ1v) is 7.48. The average molecular weight is 300 g/mol. The van der Waals surface area contributed by atoms with Gasteiger partial charge in [0.05, 0.1) is 12.6 Å². The molecule has 0 saturated carbocycles. The Morgan fingerprint density at radius 3 is 2.24 bits per heavy atom. The number of allylic oxidation sites excluding steroid dienone is 2. The maximum absolute atomic E-state index is 12.3. The van der Waals surface area contributed by atoms with Crippen molar-refractivity contribution in [3.63, 3.8) is 0 Å². The highest BCUT2D eigenvalue weighted by atomic mass is 16.5. The van der Waals surface area contributed by atoms with E-state index in [4.69, 9.17) is 4.74 Å². The maximum Gasteiger partial charge on any atom is 0.244 e. The van der Waals surface area contributed by atoms with Crippen LogP contribution in [0.1, 0.15) is 57.7 Å². The average Bonchev–Trinajstić information content (AvgIpc) is 2.33. The summed E-state index contributed by atoms with van der Waals surface area (Å²) in [6, 6.07) is 0.277. The van der Waals surface area contributed by atoms with Crippen LogP contribution in [0, 0.1) is 5.41 Å². The quantitative estimate of drug-likeness (QED) is 0.554. The molecule has 0 aromatic carbocycles. The largest absolute Gasteiger partial charge is 0.500 e. The monoisotopic (exact) mass is 300 g/mol. The molecule has 0 spiro atoms. The van der Waals surface area contributed by atoms with Gasteiger partial charge in [-0.15, -0.1) is 0 Å². The van der Waals surface area contributed by atoms with Crippen molar-refractivity contribution in [3.8, 4) is 0 Å². The Bertz CT molecular complexity index is 413. The van der Waals surface area contributed by atoms with E-state index in [0.29, 0.717) is 5.70 Å². The first kappa shape index (κ1) is 19.7. The lowest BCUT2D eigenvalue weighted by Crippen LogP contribution is -2.55. The van der Waals surface area contributed by atoms with Gasteiger partial charge in [0.15, 0.2) is 0 Å². The van der Waals surface area contributed by atoms with Gasteiger partial charge in [-0.3, -0.25) is 4.79 Å². The van der Waals surface area contributed by atoms with Gasteiger partial charge in [-0.05, 0) is 33.3 Å². The van der Waals surface area contributed by atoms with E-state index in [1.165, 1.54) is 0 Å². The summed E-state index contributed by atoms with van der Waals surface area (Å²) in [4.78, 5) is 12.3. The smallest absolute Gasteiger partial charge is 0.244 e. The molecule has 0 radical (unpaired) electrons. The van der Waals surface area contributed by atoms with Crippen LogP contribution in [-0.2, 0) is 9.53 Å². The molecule has 4 nitrogen and oxygen atoms in total. The molecular formula is C17H36N2O2. The molecule has 2 N–H and O–H groups in total. The molecule has 0 aliphatic heterocycles. The molecule has 0 bridgehead atoms. The topological polar surface area (TPSA) is 50.4 Å². The first-order chi connectivity index (χ1) is 9.43. The molecule has 4 heteroatoms. The SMILES string of the molecule is C=C(/C=C(\OC)C(C)(C)C)NC(=O)C(C)(C)NC(C)CC.[HH].[HH]. The fraction of sp³-hybridized carbons (Fsp3) is 0.706. The van der Waals surface area contributed by atoms with Crippen LogP contribution >= 0.6 is 0 Å². The lowest BCUT2D eigenvalue weighted by atomic mass is 9.93. The van der Waals surface area contributed by atoms with E-state index < -0.39 is 5.54 Å². The molecule has 0 aromatic heterocycles. The van der Waals surface area contributed by atoms with E-state index in [0.717, 1.165) is 12.2 Å². The number of hydrogen-bond acceptors (Lipinski definition) is 3. The molecular weight excluding hydrogens is 264 g/mol. The van der Waals surface area contributed by atoms with Crippen molar-refractivity contribution in [3.05, 3.63) is 24.1 Å². The molecule has 1 amide bonds. The van der Waals surface area contributed by atoms with E-state index in [1.54, 1.807) is 13.2 Å². The normalized spacial score (nSPS) is 14.6. The van der Waals surface area contributed by atoms with Gasteiger partial charge < -0.3 is 15.4 Å². The van der Waals surface area contributed by atoms with Crippen molar-refractivity contribution >= 4 is 5.91 Å². The van der Waals surface area contributed by atoms with E-state index in [1.807, 2.05) is 34.6 Å². The molecule has 0 rings (SSSR count). The van der Waals surface area contributed by atoms with Gasteiger partial charge in [0, 0.05) is 20.0 Å². The summed E-state index contributed by atoms with van der Waals surface area (Å²) in [5.41, 5.74) is -0.250. The summed E-state index contributed by atoms with van der Waals surface area (Å²) < 4.78 is 5.37. The Morgan fingerprint density at radius 1 is 1.33 bits per heavy atom. The summed E-state index contributed by atoms with van der Waals surface area (Å²) in [5.74, 6) is 0.675. The number of ether oxygens (including phenoxy) is 1. The number of carbonyl (C=O) groups excluding carboxylic acids is 1. The molecule has 21 heavy (non-hydrogen) atoms. The van der Waals surface area contributed by atoms with Crippen LogP contribution in [0.5, 0.6) is 0 Å². The van der Waals surface area contributed by atoms with Gasteiger partial charge in [0.25, 0.3) is 0 Å². The lowest BCUT2D eigenvalue weighted by Gasteiger charge is -2.29. The zero-order chi connectivity index (χ0) is 16.8. The third kappa shape index (κ3) is 6.80. The number of carbonyl (C=O) groups is 1. The predicted molar refractivity (Wildman–Crippen MR) is 93.0 cm³/mol. The summed E-state index contributed by atoms with van der Waals surface area (Å²) in [6.07, 6.45) is 2.74. The molecule has 0 fully saturated rings. The molecule has 0 heterocycles. The zero-order valence-corrected chi connectivity index (χ0v) is 14.9. The third-order valence-electron chi connectivity index (χ3n) is 3.33. The minimum Gasteiger partial charge on any atom is -0.500 e. The number of hydrogen-bond donors (Lipinski definition) is 2. The number of amides is 1. The second-order valence-corrected chi connectivity index (χ2v) is 7.02. The van der Waals surface area contributed by atoms with Crippen LogP contribution in [0.25, 0.3) is 0 Å². The number of nitrogens with one attached hydrogen (secondary N) is 2. The van der Waals surface area contributed by atoms with Crippen molar-refractivity contribution in [2.24, 2.45) is 5.41 Å². The first-order valence-electron chi connectivity index (χ1n) is 7.48. The summed E-state index contributed by atoms with van der Waals surface area (Å²) in [6.45, 7) is 17.9. The minimum atomic E-state index is -0.652. The lowest BCUT2D eigenvalue weighted by molar-refractivity contribution is -0.125. The fourth-order valence-corrected chi connectivity index (χ4v) is 1.86. The van der Waals surface area contributed by atoms with Gasteiger partial charge in [-0.25, -0.2) is 0 Å². The number of rotatable bonds is 7. The Morgan fingerprint density at radius 2 is 1.86 bits per heavy atom. The fourth-order valence-electron chi connectivity index (χ4n) is 1.86. The van der Waals surface area contributed by atoms with Gasteiger partial charge in [-0.1, -0.05) is 34.3 Å². The van der Waals surface area contributed by atoms with Crippen molar-refractivity contribution in [1.82, 2.24) is 10.6 Å². The Hall–Kier alpha value is -1.29. The van der Waals surface area contributed by atoms with E-state index in [-0.39, 0.29) is 20.2 Å². The zero-order valence-electron chi connectivity index (χ0n) is 14.9. The van der Waals surface area contributed by atoms with E-state index in [9.17, 15) is 4.79 Å². The Labute approximate surface area is 133 Å². The number of methoxy groups -OCH3 is 1. The highest BCUT2D eigenvalue weighted by molar-refractivity contribution is 5.87. The van der Waals surface area contributed by atoms with Crippen LogP contribution in [0.2, 0.25) is 0 Å². The van der Waals surface area contributed by atoms with Crippen LogP contribution in [-0.4, -0.2) is 24.6 Å². The summed E-state index contributed by atoms with van der Waals surface area (Å²) >= 11 is 0.